The van der Waals surface area contributed by atoms with Crippen LogP contribution in [0.3, 0.4) is 0 Å². The Bertz CT molecular complexity index is 1880. The third kappa shape index (κ3) is 5.85. The molecule has 7 rings (SSSR count). The molecule has 0 fully saturated rings. The second-order valence-electron chi connectivity index (χ2n) is 9.36. The molecule has 0 aliphatic carbocycles. The molecule has 0 atom stereocenters. The minimum Gasteiger partial charge on any atom is -0.486 e. The van der Waals surface area contributed by atoms with E-state index in [2.05, 4.69) is 48.1 Å². The summed E-state index contributed by atoms with van der Waals surface area (Å²) in [4.78, 5) is 13.3. The van der Waals surface area contributed by atoms with Gasteiger partial charge in [-0.05, 0) is 66.7 Å². The van der Waals surface area contributed by atoms with Crippen molar-refractivity contribution < 1.29 is 28.9 Å². The summed E-state index contributed by atoms with van der Waals surface area (Å²) < 4.78 is 19.8. The summed E-state index contributed by atoms with van der Waals surface area (Å²) in [5.74, 6) is -0.345. The smallest absolute Gasteiger partial charge is 0.216 e. The van der Waals surface area contributed by atoms with Gasteiger partial charge < -0.3 is 14.4 Å². The van der Waals surface area contributed by atoms with E-state index in [1.54, 1.807) is 12.3 Å². The van der Waals surface area contributed by atoms with Crippen molar-refractivity contribution in [1.82, 2.24) is 15.0 Å². The number of aromatic nitrogens is 3. The number of pyridine rings is 3. The van der Waals surface area contributed by atoms with Crippen LogP contribution in [0.25, 0.3) is 55.8 Å². The van der Waals surface area contributed by atoms with Crippen molar-refractivity contribution >= 4 is 22.1 Å². The van der Waals surface area contributed by atoms with Crippen LogP contribution in [0, 0.1) is 31.8 Å². The summed E-state index contributed by atoms with van der Waals surface area (Å²) in [5.41, 5.74) is 8.61. The van der Waals surface area contributed by atoms with Gasteiger partial charge in [0.2, 0.25) is 5.71 Å². The van der Waals surface area contributed by atoms with Crippen LogP contribution in [0.15, 0.2) is 114 Å². The second-order valence-corrected chi connectivity index (χ2v) is 9.36. The van der Waals surface area contributed by atoms with E-state index in [0.717, 1.165) is 33.3 Å². The molecule has 41 heavy (non-hydrogen) atoms. The molecule has 0 aliphatic rings. The number of fused-ring (bicyclic) bond motifs is 3. The summed E-state index contributed by atoms with van der Waals surface area (Å²) in [6.07, 6.45) is 3.23. The van der Waals surface area contributed by atoms with Crippen molar-refractivity contribution in [2.45, 2.75) is 13.8 Å². The Balaban J connectivity index is 0.000000218. The van der Waals surface area contributed by atoms with E-state index in [-0.39, 0.29) is 25.9 Å². The van der Waals surface area contributed by atoms with Gasteiger partial charge in [0.05, 0.1) is 11.3 Å². The van der Waals surface area contributed by atoms with Gasteiger partial charge in [-0.25, -0.2) is 9.37 Å². The van der Waals surface area contributed by atoms with E-state index < -0.39 is 0 Å². The molecule has 4 nitrogen and oxygen atoms in total. The Morgan fingerprint density at radius 3 is 2.22 bits per heavy atom. The van der Waals surface area contributed by atoms with Crippen LogP contribution in [0.5, 0.6) is 0 Å². The van der Waals surface area contributed by atoms with E-state index in [0.29, 0.717) is 22.6 Å². The van der Waals surface area contributed by atoms with Gasteiger partial charge in [0.15, 0.2) is 0 Å². The molecule has 4 aromatic heterocycles. The van der Waals surface area contributed by atoms with E-state index in [1.165, 1.54) is 29.5 Å². The number of hydrogen-bond donors (Lipinski definition) is 0. The summed E-state index contributed by atoms with van der Waals surface area (Å²) in [6.45, 7) is 4.16. The molecule has 0 aliphatic heterocycles. The van der Waals surface area contributed by atoms with Gasteiger partial charge in [0, 0.05) is 43.4 Å². The molecule has 0 saturated carbocycles. The van der Waals surface area contributed by atoms with Gasteiger partial charge in [-0.2, -0.15) is 0 Å². The number of hydrogen-bond acceptors (Lipinski definition) is 4. The SMILES string of the molecule is Cc1cccc(C)c1-c1ccc2c(n1)oc1c(-c3cc(F)ccn3)[c-]ccc12.[Ir].[c-]1ccccc1-c1ccccn1. The van der Waals surface area contributed by atoms with Gasteiger partial charge in [0.25, 0.3) is 0 Å². The molecule has 0 unspecified atom stereocenters. The molecule has 7 aromatic rings. The van der Waals surface area contributed by atoms with Crippen LogP contribution >= 0.6 is 0 Å². The van der Waals surface area contributed by atoms with Crippen LogP contribution in [0.1, 0.15) is 11.1 Å². The average molecular weight is 714 g/mol. The fourth-order valence-electron chi connectivity index (χ4n) is 4.79. The van der Waals surface area contributed by atoms with Crippen molar-refractivity contribution in [2.75, 3.05) is 0 Å². The van der Waals surface area contributed by atoms with Crippen LogP contribution in [0.2, 0.25) is 0 Å². The predicted octanol–water partition coefficient (Wildman–Crippen LogP) is 8.81. The quantitative estimate of drug-likeness (QED) is 0.172. The van der Waals surface area contributed by atoms with E-state index in [4.69, 9.17) is 9.40 Å². The fourth-order valence-corrected chi connectivity index (χ4v) is 4.79. The third-order valence-electron chi connectivity index (χ3n) is 6.66. The monoisotopic (exact) mass is 714 g/mol. The molecule has 0 spiro atoms. The summed E-state index contributed by atoms with van der Waals surface area (Å²) >= 11 is 0. The zero-order valence-electron chi connectivity index (χ0n) is 22.4. The van der Waals surface area contributed by atoms with Crippen molar-refractivity contribution in [3.05, 3.63) is 139 Å². The molecule has 3 aromatic carbocycles. The predicted molar refractivity (Wildman–Crippen MR) is 157 cm³/mol. The van der Waals surface area contributed by atoms with Gasteiger partial charge in [-0.15, -0.1) is 54.1 Å². The normalized spacial score (nSPS) is 10.6. The molecule has 0 N–H and O–H groups in total. The topological polar surface area (TPSA) is 51.8 Å². The minimum atomic E-state index is -0.345. The number of aryl methyl sites for hydroxylation is 2. The maximum atomic E-state index is 13.7. The van der Waals surface area contributed by atoms with Crippen LogP contribution in [0.4, 0.5) is 4.39 Å². The second kappa shape index (κ2) is 12.3. The third-order valence-corrected chi connectivity index (χ3v) is 6.66. The summed E-state index contributed by atoms with van der Waals surface area (Å²) in [7, 11) is 0. The van der Waals surface area contributed by atoms with Gasteiger partial charge >= 0.3 is 0 Å². The zero-order valence-corrected chi connectivity index (χ0v) is 24.7. The first kappa shape index (κ1) is 28.0. The zero-order chi connectivity index (χ0) is 27.5. The molecular formula is C35H24FIrN3O-2. The Morgan fingerprint density at radius 2 is 1.49 bits per heavy atom. The Hall–Kier alpha value is -4.51. The summed E-state index contributed by atoms with van der Waals surface area (Å²) in [6, 6.07) is 36.6. The van der Waals surface area contributed by atoms with Crippen molar-refractivity contribution in [3.8, 4) is 33.8 Å². The van der Waals surface area contributed by atoms with Gasteiger partial charge in [-0.1, -0.05) is 41.3 Å². The molecule has 1 radical (unpaired) electrons. The van der Waals surface area contributed by atoms with Crippen molar-refractivity contribution in [1.29, 1.82) is 0 Å². The Labute approximate surface area is 251 Å². The Morgan fingerprint density at radius 1 is 0.683 bits per heavy atom. The van der Waals surface area contributed by atoms with Crippen LogP contribution in [-0.4, -0.2) is 15.0 Å². The average Bonchev–Trinajstić information content (AvgIpc) is 3.36. The van der Waals surface area contributed by atoms with E-state index >= 15 is 0 Å². The number of benzene rings is 3. The van der Waals surface area contributed by atoms with Gasteiger partial charge in [-0.3, -0.25) is 0 Å². The molecule has 0 amide bonds. The maximum Gasteiger partial charge on any atom is 0.216 e. The standard InChI is InChI=1S/C24H16FN2O.C11H8N.Ir/c1-14-5-3-6-15(2)22(14)20-10-9-18-17-7-4-8-19(23(17)28-24(18)27-20)21-13-16(25)11-12-26-21;1-2-6-10(7-3-1)11-8-4-5-9-12-11;/h3-7,9-13H,1-2H3;1-6,8-9H;/q2*-1;. The molecule has 203 valence electrons. The van der Waals surface area contributed by atoms with E-state index in [1.807, 2.05) is 66.7 Å². The minimum absolute atomic E-state index is 0. The molecule has 0 bridgehead atoms. The molecule has 4 heterocycles. The van der Waals surface area contributed by atoms with Crippen molar-refractivity contribution in [3.63, 3.8) is 0 Å². The first-order valence-electron chi connectivity index (χ1n) is 12.9. The summed E-state index contributed by atoms with van der Waals surface area (Å²) in [5, 5.41) is 1.83. The van der Waals surface area contributed by atoms with Gasteiger partial charge in [0.1, 0.15) is 5.82 Å². The largest absolute Gasteiger partial charge is 0.486 e. The number of rotatable bonds is 3. The maximum absolute atomic E-state index is 13.7. The Kier molecular flexibility index (Phi) is 8.44. The number of halogens is 1. The fraction of sp³-hybridized carbons (Fsp3) is 0.0571. The van der Waals surface area contributed by atoms with E-state index in [9.17, 15) is 4.39 Å². The van der Waals surface area contributed by atoms with Crippen LogP contribution < -0.4 is 0 Å². The van der Waals surface area contributed by atoms with Crippen LogP contribution in [-0.2, 0) is 20.1 Å². The number of nitrogens with zero attached hydrogens (tertiary/aromatic N) is 3. The number of furan rings is 1. The first-order valence-corrected chi connectivity index (χ1v) is 12.9. The first-order chi connectivity index (χ1) is 19.6. The molecular weight excluding hydrogens is 690 g/mol. The van der Waals surface area contributed by atoms with Crippen molar-refractivity contribution in [2.24, 2.45) is 0 Å². The molecule has 0 saturated heterocycles. The molecule has 6 heteroatoms.